The van der Waals surface area contributed by atoms with E-state index in [9.17, 15) is 8.42 Å². The lowest BCUT2D eigenvalue weighted by molar-refractivity contribution is 0.559. The standard InChI is InChI=1S/C21H25NO2S2/c1-15-18(11-12-19-20(15)25-14-22-19)10-9-16-5-7-17(8-6-16)13-26(23,24)21(2,3)4/h5-8,11-12,14H,9-10,13H2,1-4H3. The molecule has 138 valence electrons. The van der Waals surface area contributed by atoms with Crippen LogP contribution in [0.2, 0.25) is 0 Å². The summed E-state index contributed by atoms with van der Waals surface area (Å²) in [5.41, 5.74) is 7.71. The molecule has 0 aliphatic carbocycles. The van der Waals surface area contributed by atoms with Crippen LogP contribution >= 0.6 is 11.3 Å². The van der Waals surface area contributed by atoms with Gasteiger partial charge >= 0.3 is 0 Å². The second-order valence-corrected chi connectivity index (χ2v) is 11.3. The van der Waals surface area contributed by atoms with E-state index in [-0.39, 0.29) is 5.75 Å². The van der Waals surface area contributed by atoms with E-state index in [1.54, 1.807) is 32.1 Å². The van der Waals surface area contributed by atoms with Crippen LogP contribution in [0.3, 0.4) is 0 Å². The second-order valence-electron chi connectivity index (χ2n) is 7.74. The zero-order valence-corrected chi connectivity index (χ0v) is 17.4. The van der Waals surface area contributed by atoms with Crippen molar-refractivity contribution in [3.8, 4) is 0 Å². The fourth-order valence-corrected chi connectivity index (χ4v) is 4.78. The predicted octanol–water partition coefficient (Wildman–Crippen LogP) is 5.10. The van der Waals surface area contributed by atoms with Gasteiger partial charge in [0.1, 0.15) is 0 Å². The van der Waals surface area contributed by atoms with Crippen LogP contribution in [0.15, 0.2) is 41.9 Å². The molecule has 0 aliphatic heterocycles. The Morgan fingerprint density at radius 3 is 2.27 bits per heavy atom. The third kappa shape index (κ3) is 3.99. The average molecular weight is 388 g/mol. The van der Waals surface area contributed by atoms with E-state index in [1.807, 2.05) is 29.8 Å². The number of benzene rings is 2. The van der Waals surface area contributed by atoms with Crippen LogP contribution in [0.4, 0.5) is 0 Å². The van der Waals surface area contributed by atoms with E-state index in [4.69, 9.17) is 0 Å². The number of hydrogen-bond acceptors (Lipinski definition) is 4. The highest BCUT2D eigenvalue weighted by atomic mass is 32.2. The topological polar surface area (TPSA) is 47.0 Å². The molecule has 0 amide bonds. The monoisotopic (exact) mass is 387 g/mol. The first-order chi connectivity index (χ1) is 12.2. The summed E-state index contributed by atoms with van der Waals surface area (Å²) >= 11 is 1.69. The highest BCUT2D eigenvalue weighted by Crippen LogP contribution is 2.26. The van der Waals surface area contributed by atoms with Gasteiger partial charge in [0.15, 0.2) is 9.84 Å². The smallest absolute Gasteiger partial charge is 0.159 e. The molecule has 0 spiro atoms. The number of rotatable bonds is 5. The fraction of sp³-hybridized carbons (Fsp3) is 0.381. The first-order valence-electron chi connectivity index (χ1n) is 8.79. The van der Waals surface area contributed by atoms with Crippen molar-refractivity contribution in [3.05, 3.63) is 64.2 Å². The fourth-order valence-electron chi connectivity index (χ4n) is 2.89. The van der Waals surface area contributed by atoms with Gasteiger partial charge in [-0.2, -0.15) is 0 Å². The SMILES string of the molecule is Cc1c(CCc2ccc(CS(=O)(=O)C(C)(C)C)cc2)ccc2ncsc12. The number of aromatic nitrogens is 1. The number of nitrogens with zero attached hydrogens (tertiary/aromatic N) is 1. The summed E-state index contributed by atoms with van der Waals surface area (Å²) in [5.74, 6) is 0.0952. The first-order valence-corrected chi connectivity index (χ1v) is 11.3. The molecule has 1 aromatic heterocycles. The summed E-state index contributed by atoms with van der Waals surface area (Å²) < 4.78 is 25.2. The molecule has 0 bridgehead atoms. The van der Waals surface area contributed by atoms with Gasteiger partial charge in [-0.1, -0.05) is 30.3 Å². The summed E-state index contributed by atoms with van der Waals surface area (Å²) in [4.78, 5) is 4.36. The van der Waals surface area contributed by atoms with Crippen LogP contribution in [-0.4, -0.2) is 18.1 Å². The van der Waals surface area contributed by atoms with Crippen LogP contribution in [0.1, 0.15) is 43.0 Å². The number of sulfone groups is 1. The quantitative estimate of drug-likeness (QED) is 0.612. The maximum Gasteiger partial charge on any atom is 0.159 e. The Balaban J connectivity index is 1.68. The third-order valence-corrected chi connectivity index (χ3v) is 8.40. The van der Waals surface area contributed by atoms with Gasteiger partial charge in [0, 0.05) is 0 Å². The van der Waals surface area contributed by atoms with E-state index in [0.29, 0.717) is 0 Å². The van der Waals surface area contributed by atoms with Crippen LogP contribution in [0.5, 0.6) is 0 Å². The van der Waals surface area contributed by atoms with Crippen molar-refractivity contribution in [3.63, 3.8) is 0 Å². The molecule has 0 fully saturated rings. The minimum absolute atomic E-state index is 0.0952. The normalized spacial score (nSPS) is 12.6. The van der Waals surface area contributed by atoms with Gasteiger partial charge in [-0.3, -0.25) is 0 Å². The summed E-state index contributed by atoms with van der Waals surface area (Å²) in [6, 6.07) is 12.2. The van der Waals surface area contributed by atoms with Crippen LogP contribution in [-0.2, 0) is 28.4 Å². The lowest BCUT2D eigenvalue weighted by atomic mass is 10.00. The predicted molar refractivity (Wildman–Crippen MR) is 111 cm³/mol. The van der Waals surface area contributed by atoms with E-state index < -0.39 is 14.6 Å². The molecular weight excluding hydrogens is 362 g/mol. The Labute approximate surface area is 160 Å². The van der Waals surface area contributed by atoms with Gasteiger partial charge in [0.25, 0.3) is 0 Å². The molecule has 0 saturated carbocycles. The number of aryl methyl sites for hydroxylation is 3. The first kappa shape index (κ1) is 19.1. The van der Waals surface area contributed by atoms with Crippen molar-refractivity contribution in [2.24, 2.45) is 0 Å². The van der Waals surface area contributed by atoms with Crippen molar-refractivity contribution < 1.29 is 8.42 Å². The minimum Gasteiger partial charge on any atom is -0.245 e. The molecule has 3 aromatic rings. The molecule has 0 unspecified atom stereocenters. The summed E-state index contributed by atoms with van der Waals surface area (Å²) in [6.45, 7) is 7.41. The molecule has 3 rings (SSSR count). The average Bonchev–Trinajstić information content (AvgIpc) is 3.04. The van der Waals surface area contributed by atoms with Crippen molar-refractivity contribution in [1.29, 1.82) is 0 Å². The molecule has 0 radical (unpaired) electrons. The zero-order chi connectivity index (χ0) is 18.9. The van der Waals surface area contributed by atoms with Gasteiger partial charge in [-0.05, 0) is 68.9 Å². The molecule has 2 aromatic carbocycles. The van der Waals surface area contributed by atoms with Crippen LogP contribution in [0, 0.1) is 6.92 Å². The number of thiazole rings is 1. The minimum atomic E-state index is -3.14. The molecule has 0 atom stereocenters. The van der Waals surface area contributed by atoms with Crippen LogP contribution in [0.25, 0.3) is 10.2 Å². The van der Waals surface area contributed by atoms with E-state index >= 15 is 0 Å². The van der Waals surface area contributed by atoms with Gasteiger partial charge in [0.2, 0.25) is 0 Å². The molecule has 0 N–H and O–H groups in total. The maximum absolute atomic E-state index is 12.3. The van der Waals surface area contributed by atoms with Gasteiger partial charge in [-0.25, -0.2) is 13.4 Å². The molecule has 0 aliphatic rings. The lowest BCUT2D eigenvalue weighted by Crippen LogP contribution is -2.29. The largest absolute Gasteiger partial charge is 0.245 e. The van der Waals surface area contributed by atoms with Crippen molar-refractivity contribution in [2.75, 3.05) is 0 Å². The molecule has 0 saturated heterocycles. The van der Waals surface area contributed by atoms with Crippen LogP contribution < -0.4 is 0 Å². The van der Waals surface area contributed by atoms with Gasteiger partial charge < -0.3 is 0 Å². The Morgan fingerprint density at radius 1 is 0.962 bits per heavy atom. The summed E-state index contributed by atoms with van der Waals surface area (Å²) in [6.07, 6.45) is 1.91. The maximum atomic E-state index is 12.3. The van der Waals surface area contributed by atoms with E-state index in [0.717, 1.165) is 23.9 Å². The highest BCUT2D eigenvalue weighted by molar-refractivity contribution is 7.91. The highest BCUT2D eigenvalue weighted by Gasteiger charge is 2.28. The Kier molecular flexibility index (Phi) is 5.22. The summed E-state index contributed by atoms with van der Waals surface area (Å²) in [5, 5.41) is 0. The van der Waals surface area contributed by atoms with E-state index in [1.165, 1.54) is 21.4 Å². The molecule has 5 heteroatoms. The lowest BCUT2D eigenvalue weighted by Gasteiger charge is -2.19. The van der Waals surface area contributed by atoms with Crippen molar-refractivity contribution in [2.45, 2.75) is 51.0 Å². The van der Waals surface area contributed by atoms with Gasteiger partial charge in [-0.15, -0.1) is 11.3 Å². The second kappa shape index (κ2) is 7.12. The van der Waals surface area contributed by atoms with Crippen molar-refractivity contribution in [1.82, 2.24) is 4.98 Å². The third-order valence-electron chi connectivity index (χ3n) is 4.86. The zero-order valence-electron chi connectivity index (χ0n) is 15.7. The molecular formula is C21H25NO2S2. The molecule has 3 nitrogen and oxygen atoms in total. The summed E-state index contributed by atoms with van der Waals surface area (Å²) in [7, 11) is -3.14. The molecule has 26 heavy (non-hydrogen) atoms. The number of hydrogen-bond donors (Lipinski definition) is 0. The Morgan fingerprint density at radius 2 is 1.62 bits per heavy atom. The van der Waals surface area contributed by atoms with E-state index in [2.05, 4.69) is 24.0 Å². The Hall–Kier alpha value is -1.72. The molecule has 1 heterocycles. The number of fused-ring (bicyclic) bond motifs is 1. The Bertz CT molecular complexity index is 1010. The van der Waals surface area contributed by atoms with Gasteiger partial charge in [0.05, 0.1) is 26.2 Å². The van der Waals surface area contributed by atoms with Crippen molar-refractivity contribution >= 4 is 31.4 Å².